The van der Waals surface area contributed by atoms with E-state index in [0.717, 1.165) is 50.4 Å². The number of hydrogen-bond donors (Lipinski definition) is 2. The third kappa shape index (κ3) is 3.86. The van der Waals surface area contributed by atoms with Gasteiger partial charge < -0.3 is 15.4 Å². The summed E-state index contributed by atoms with van der Waals surface area (Å²) in [4.78, 5) is 13.5. The first-order valence-electron chi connectivity index (χ1n) is 10.4. The fourth-order valence-corrected chi connectivity index (χ4v) is 4.96. The molecule has 0 radical (unpaired) electrons. The van der Waals surface area contributed by atoms with E-state index in [1.165, 1.54) is 0 Å². The number of ether oxygens (including phenoxy) is 1. The molecule has 156 valence electrons. The molecule has 5 rings (SSSR count). The van der Waals surface area contributed by atoms with Crippen molar-refractivity contribution < 1.29 is 9.53 Å². The molecule has 0 bridgehead atoms. The van der Waals surface area contributed by atoms with Crippen molar-refractivity contribution in [2.45, 2.75) is 24.8 Å². The van der Waals surface area contributed by atoms with Gasteiger partial charge in [0.25, 0.3) is 0 Å². The highest BCUT2D eigenvalue weighted by Crippen LogP contribution is 2.44. The Morgan fingerprint density at radius 2 is 1.68 bits per heavy atom. The number of nitrogens with one attached hydrogen (secondary N) is 2. The lowest BCUT2D eigenvalue weighted by Crippen LogP contribution is -2.26. The van der Waals surface area contributed by atoms with Crippen LogP contribution < -0.4 is 15.4 Å². The zero-order valence-electron chi connectivity index (χ0n) is 17.2. The van der Waals surface area contributed by atoms with Crippen LogP contribution in [0.4, 0.5) is 11.4 Å². The molecule has 0 saturated heterocycles. The number of para-hydroxylation sites is 2. The number of fused-ring (bicyclic) bond motifs is 1. The predicted octanol–water partition coefficient (Wildman–Crippen LogP) is 6.44. The first-order valence-corrected chi connectivity index (χ1v) is 11.2. The number of carbonyl (C=O) groups excluding carboxylic acids is 1. The molecule has 1 aliphatic heterocycles. The molecule has 2 N–H and O–H groups in total. The maximum absolute atomic E-state index is 13.5. The van der Waals surface area contributed by atoms with E-state index in [-0.39, 0.29) is 17.7 Å². The molecular formula is C26H23BrN2O2. The molecule has 31 heavy (non-hydrogen) atoms. The minimum Gasteiger partial charge on any atom is -0.497 e. The van der Waals surface area contributed by atoms with E-state index in [4.69, 9.17) is 4.74 Å². The number of ketones is 1. The van der Waals surface area contributed by atoms with Gasteiger partial charge in [-0.15, -0.1) is 0 Å². The van der Waals surface area contributed by atoms with Gasteiger partial charge in [-0.25, -0.2) is 0 Å². The molecule has 1 heterocycles. The highest BCUT2D eigenvalue weighted by molar-refractivity contribution is 9.10. The van der Waals surface area contributed by atoms with Gasteiger partial charge in [-0.2, -0.15) is 0 Å². The average molecular weight is 475 g/mol. The molecule has 0 aromatic heterocycles. The number of halogens is 1. The minimum atomic E-state index is -0.201. The number of rotatable bonds is 3. The molecule has 0 saturated carbocycles. The van der Waals surface area contributed by atoms with Crippen molar-refractivity contribution in [3.8, 4) is 5.75 Å². The molecule has 1 aliphatic carbocycles. The SMILES string of the molecule is COc1ccc([C@@H]2CC(=O)C3=C(C2)Nc2ccccc2N[C@H]3c2cccc(Br)c2)cc1. The molecule has 0 spiro atoms. The minimum absolute atomic E-state index is 0.137. The van der Waals surface area contributed by atoms with Crippen LogP contribution in [0.2, 0.25) is 0 Å². The highest BCUT2D eigenvalue weighted by atomic mass is 79.9. The fraction of sp³-hybridized carbons (Fsp3) is 0.192. The van der Waals surface area contributed by atoms with Gasteiger partial charge >= 0.3 is 0 Å². The number of hydrogen-bond acceptors (Lipinski definition) is 4. The van der Waals surface area contributed by atoms with Crippen LogP contribution in [0.1, 0.15) is 35.9 Å². The zero-order chi connectivity index (χ0) is 21.4. The van der Waals surface area contributed by atoms with Crippen LogP contribution in [0.25, 0.3) is 0 Å². The standard InChI is InChI=1S/C26H23BrN2O2/c1-31-20-11-9-16(10-12-20)18-14-23-25(24(30)15-18)26(17-5-4-6-19(27)13-17)29-22-8-3-2-7-21(22)28-23/h2-13,18,26,28-29H,14-15H2,1H3/t18-,26-/m0/s1. The van der Waals surface area contributed by atoms with Crippen molar-refractivity contribution in [2.24, 2.45) is 0 Å². The maximum atomic E-state index is 13.5. The van der Waals surface area contributed by atoms with Crippen molar-refractivity contribution in [2.75, 3.05) is 17.7 Å². The number of methoxy groups -OCH3 is 1. The summed E-state index contributed by atoms with van der Waals surface area (Å²) in [5.74, 6) is 1.14. The maximum Gasteiger partial charge on any atom is 0.163 e. The lowest BCUT2D eigenvalue weighted by atomic mass is 9.78. The zero-order valence-corrected chi connectivity index (χ0v) is 18.8. The summed E-state index contributed by atoms with van der Waals surface area (Å²) in [6.07, 6.45) is 1.28. The number of carbonyl (C=O) groups is 1. The number of anilines is 2. The van der Waals surface area contributed by atoms with Crippen LogP contribution in [0.15, 0.2) is 88.5 Å². The van der Waals surface area contributed by atoms with Gasteiger partial charge in [0.1, 0.15) is 5.75 Å². The molecule has 0 unspecified atom stereocenters. The van der Waals surface area contributed by atoms with E-state index in [1.54, 1.807) is 7.11 Å². The molecule has 5 heteroatoms. The predicted molar refractivity (Wildman–Crippen MR) is 128 cm³/mol. The fourth-order valence-electron chi connectivity index (χ4n) is 4.54. The summed E-state index contributed by atoms with van der Waals surface area (Å²) in [5, 5.41) is 7.21. The Bertz CT molecular complexity index is 1170. The Balaban J connectivity index is 1.58. The molecule has 0 amide bonds. The molecular weight excluding hydrogens is 452 g/mol. The first kappa shape index (κ1) is 19.9. The van der Waals surface area contributed by atoms with E-state index < -0.39 is 0 Å². The smallest absolute Gasteiger partial charge is 0.163 e. The van der Waals surface area contributed by atoms with Gasteiger partial charge in [0.05, 0.1) is 24.5 Å². The van der Waals surface area contributed by atoms with Crippen molar-refractivity contribution in [3.05, 3.63) is 99.7 Å². The van der Waals surface area contributed by atoms with Crippen LogP contribution >= 0.6 is 15.9 Å². The summed E-state index contributed by atoms with van der Waals surface area (Å²) < 4.78 is 6.29. The van der Waals surface area contributed by atoms with Gasteiger partial charge in [0.15, 0.2) is 5.78 Å². The Hall–Kier alpha value is -3.05. The van der Waals surface area contributed by atoms with Gasteiger partial charge in [-0.05, 0) is 59.9 Å². The Kier molecular flexibility index (Phi) is 5.28. The molecule has 0 fully saturated rings. The van der Waals surface area contributed by atoms with Crippen LogP contribution in [0, 0.1) is 0 Å². The highest BCUT2D eigenvalue weighted by Gasteiger charge is 2.36. The van der Waals surface area contributed by atoms with Crippen molar-refractivity contribution in [3.63, 3.8) is 0 Å². The second-order valence-corrected chi connectivity index (χ2v) is 8.91. The number of allylic oxidation sites excluding steroid dienone is 1. The second-order valence-electron chi connectivity index (χ2n) is 8.00. The van der Waals surface area contributed by atoms with E-state index in [9.17, 15) is 4.79 Å². The average Bonchev–Trinajstić information content (AvgIpc) is 2.96. The van der Waals surface area contributed by atoms with Crippen LogP contribution in [0.3, 0.4) is 0 Å². The van der Waals surface area contributed by atoms with E-state index in [0.29, 0.717) is 6.42 Å². The summed E-state index contributed by atoms with van der Waals surface area (Å²) in [5.41, 5.74) is 6.05. The lowest BCUT2D eigenvalue weighted by Gasteiger charge is -2.30. The molecule has 2 aliphatic rings. The largest absolute Gasteiger partial charge is 0.497 e. The van der Waals surface area contributed by atoms with Gasteiger partial charge in [-0.1, -0.05) is 52.3 Å². The molecule has 3 aromatic rings. The van der Waals surface area contributed by atoms with Crippen molar-refractivity contribution in [1.29, 1.82) is 0 Å². The summed E-state index contributed by atoms with van der Waals surface area (Å²) in [7, 11) is 1.66. The van der Waals surface area contributed by atoms with Crippen LogP contribution in [0.5, 0.6) is 5.75 Å². The second kappa shape index (κ2) is 8.23. The first-order chi connectivity index (χ1) is 15.1. The van der Waals surface area contributed by atoms with Crippen molar-refractivity contribution >= 4 is 33.1 Å². The lowest BCUT2D eigenvalue weighted by molar-refractivity contribution is -0.116. The number of benzene rings is 3. The summed E-state index contributed by atoms with van der Waals surface area (Å²) in [6, 6.07) is 24.2. The van der Waals surface area contributed by atoms with Gasteiger partial charge in [-0.3, -0.25) is 4.79 Å². The van der Waals surface area contributed by atoms with E-state index >= 15 is 0 Å². The van der Waals surface area contributed by atoms with Gasteiger partial charge in [0, 0.05) is 22.2 Å². The van der Waals surface area contributed by atoms with Crippen molar-refractivity contribution in [1.82, 2.24) is 0 Å². The Labute approximate surface area is 190 Å². The normalized spacial score (nSPS) is 20.1. The van der Waals surface area contributed by atoms with E-state index in [2.05, 4.69) is 63.0 Å². The quantitative estimate of drug-likeness (QED) is 0.458. The summed E-state index contributed by atoms with van der Waals surface area (Å²) in [6.45, 7) is 0. The monoisotopic (exact) mass is 474 g/mol. The Morgan fingerprint density at radius 3 is 2.42 bits per heavy atom. The molecule has 3 aromatic carbocycles. The third-order valence-electron chi connectivity index (χ3n) is 6.08. The Morgan fingerprint density at radius 1 is 0.903 bits per heavy atom. The number of Topliss-reactive ketones (excluding diaryl/α,β-unsaturated/α-hetero) is 1. The van der Waals surface area contributed by atoms with Crippen LogP contribution in [-0.4, -0.2) is 12.9 Å². The topological polar surface area (TPSA) is 50.4 Å². The molecule has 2 atom stereocenters. The van der Waals surface area contributed by atoms with E-state index in [1.807, 2.05) is 36.4 Å². The molecule has 4 nitrogen and oxygen atoms in total. The summed E-state index contributed by atoms with van der Waals surface area (Å²) >= 11 is 3.58. The van der Waals surface area contributed by atoms with Crippen LogP contribution in [-0.2, 0) is 4.79 Å². The van der Waals surface area contributed by atoms with Gasteiger partial charge in [0.2, 0.25) is 0 Å². The third-order valence-corrected chi connectivity index (χ3v) is 6.57.